The van der Waals surface area contributed by atoms with Crippen LogP contribution in [0.5, 0.6) is 0 Å². The molecule has 0 atom stereocenters. The molecule has 0 bridgehead atoms. The van der Waals surface area contributed by atoms with Gasteiger partial charge in [-0.2, -0.15) is 0 Å². The molecule has 0 unspecified atom stereocenters. The molecule has 0 spiro atoms. The van der Waals surface area contributed by atoms with Gasteiger partial charge in [-0.05, 0) is 30.9 Å². The molecule has 1 fully saturated rings. The molecule has 3 nitrogen and oxygen atoms in total. The first kappa shape index (κ1) is 12.7. The van der Waals surface area contributed by atoms with Gasteiger partial charge in [-0.15, -0.1) is 11.6 Å². The zero-order chi connectivity index (χ0) is 12.1. The average molecular weight is 255 g/mol. The van der Waals surface area contributed by atoms with Gasteiger partial charge >= 0.3 is 0 Å². The second-order valence-electron chi connectivity index (χ2n) is 4.58. The minimum atomic E-state index is 0.471. The number of pyridine rings is 1. The first-order chi connectivity index (χ1) is 8.29. The largest absolute Gasteiger partial charge is 0.381 e. The smallest absolute Gasteiger partial charge is 0.0648 e. The van der Waals surface area contributed by atoms with E-state index in [1.54, 1.807) is 0 Å². The average Bonchev–Trinajstić information content (AvgIpc) is 2.40. The topological polar surface area (TPSA) is 25.4 Å². The standard InChI is InChI=1S/C13H19ClN2O/c1-16(10-11-3-6-17-7-4-11)13-2-5-15-12(8-13)9-14/h2,5,8,11H,3-4,6-7,9-10H2,1H3. The summed E-state index contributed by atoms with van der Waals surface area (Å²) in [7, 11) is 2.13. The SMILES string of the molecule is CN(CC1CCOCC1)c1ccnc(CCl)c1. The quantitative estimate of drug-likeness (QED) is 0.773. The summed E-state index contributed by atoms with van der Waals surface area (Å²) in [5.74, 6) is 1.21. The lowest BCUT2D eigenvalue weighted by molar-refractivity contribution is 0.0685. The van der Waals surface area contributed by atoms with Crippen LogP contribution in [0.15, 0.2) is 18.3 Å². The lowest BCUT2D eigenvalue weighted by Crippen LogP contribution is -2.29. The van der Waals surface area contributed by atoms with Crippen molar-refractivity contribution in [3.05, 3.63) is 24.0 Å². The van der Waals surface area contributed by atoms with Gasteiger partial charge in [0.1, 0.15) is 0 Å². The summed E-state index contributed by atoms with van der Waals surface area (Å²) in [6, 6.07) is 4.10. The normalized spacial score (nSPS) is 17.1. The van der Waals surface area contributed by atoms with Crippen LogP contribution in [-0.2, 0) is 10.6 Å². The van der Waals surface area contributed by atoms with Crippen LogP contribution in [0.1, 0.15) is 18.5 Å². The van der Waals surface area contributed by atoms with Crippen molar-refractivity contribution >= 4 is 17.3 Å². The number of anilines is 1. The molecular weight excluding hydrogens is 236 g/mol. The second kappa shape index (κ2) is 6.22. The molecule has 1 aromatic heterocycles. The minimum Gasteiger partial charge on any atom is -0.381 e. The molecule has 2 heterocycles. The van der Waals surface area contributed by atoms with Gasteiger partial charge in [0.15, 0.2) is 0 Å². The van der Waals surface area contributed by atoms with Crippen molar-refractivity contribution in [2.24, 2.45) is 5.92 Å². The highest BCUT2D eigenvalue weighted by molar-refractivity contribution is 6.16. The van der Waals surface area contributed by atoms with Gasteiger partial charge in [0, 0.05) is 38.7 Å². The molecule has 2 rings (SSSR count). The Morgan fingerprint density at radius 3 is 2.94 bits per heavy atom. The van der Waals surface area contributed by atoms with E-state index in [4.69, 9.17) is 16.3 Å². The van der Waals surface area contributed by atoms with E-state index in [-0.39, 0.29) is 0 Å². The summed E-state index contributed by atoms with van der Waals surface area (Å²) in [5, 5.41) is 0. The lowest BCUT2D eigenvalue weighted by Gasteiger charge is -2.28. The van der Waals surface area contributed by atoms with Crippen molar-refractivity contribution in [3.63, 3.8) is 0 Å². The predicted molar refractivity (Wildman–Crippen MR) is 70.6 cm³/mol. The van der Waals surface area contributed by atoms with Crippen LogP contribution in [0, 0.1) is 5.92 Å². The number of halogens is 1. The summed E-state index contributed by atoms with van der Waals surface area (Å²) < 4.78 is 5.38. The predicted octanol–water partition coefficient (Wildman–Crippen LogP) is 2.68. The summed E-state index contributed by atoms with van der Waals surface area (Å²) in [6.45, 7) is 2.89. The third kappa shape index (κ3) is 3.58. The number of aromatic nitrogens is 1. The van der Waals surface area contributed by atoms with E-state index in [1.807, 2.05) is 12.3 Å². The molecule has 0 N–H and O–H groups in total. The molecule has 0 saturated carbocycles. The van der Waals surface area contributed by atoms with Crippen molar-refractivity contribution in [1.82, 2.24) is 4.98 Å². The minimum absolute atomic E-state index is 0.471. The Morgan fingerprint density at radius 1 is 1.47 bits per heavy atom. The van der Waals surface area contributed by atoms with Gasteiger partial charge in [-0.25, -0.2) is 0 Å². The Hall–Kier alpha value is -0.800. The highest BCUT2D eigenvalue weighted by atomic mass is 35.5. The van der Waals surface area contributed by atoms with E-state index in [1.165, 1.54) is 5.69 Å². The van der Waals surface area contributed by atoms with E-state index in [0.29, 0.717) is 5.88 Å². The van der Waals surface area contributed by atoms with Gasteiger partial charge in [0.2, 0.25) is 0 Å². The summed E-state index contributed by atoms with van der Waals surface area (Å²) in [6.07, 6.45) is 4.16. The van der Waals surface area contributed by atoms with Gasteiger partial charge in [0.05, 0.1) is 11.6 Å². The molecule has 0 amide bonds. The Morgan fingerprint density at radius 2 is 2.24 bits per heavy atom. The molecule has 1 aromatic rings. The Kier molecular flexibility index (Phi) is 4.63. The highest BCUT2D eigenvalue weighted by Gasteiger charge is 2.16. The third-order valence-electron chi connectivity index (χ3n) is 3.25. The van der Waals surface area contributed by atoms with E-state index in [2.05, 4.69) is 23.0 Å². The van der Waals surface area contributed by atoms with Crippen molar-refractivity contribution in [1.29, 1.82) is 0 Å². The van der Waals surface area contributed by atoms with Crippen LogP contribution in [0.25, 0.3) is 0 Å². The zero-order valence-electron chi connectivity index (χ0n) is 10.2. The first-order valence-corrected chi connectivity index (χ1v) is 6.63. The van der Waals surface area contributed by atoms with Gasteiger partial charge in [0.25, 0.3) is 0 Å². The van der Waals surface area contributed by atoms with Crippen LogP contribution in [0.2, 0.25) is 0 Å². The number of alkyl halides is 1. The molecule has 0 radical (unpaired) electrons. The monoisotopic (exact) mass is 254 g/mol. The van der Waals surface area contributed by atoms with Crippen molar-refractivity contribution in [2.75, 3.05) is 31.7 Å². The number of rotatable bonds is 4. The molecule has 0 aromatic carbocycles. The van der Waals surface area contributed by atoms with Gasteiger partial charge < -0.3 is 9.64 Å². The Balaban J connectivity index is 1.95. The molecule has 17 heavy (non-hydrogen) atoms. The molecular formula is C13H19ClN2O. The Bertz CT molecular complexity index is 353. The molecule has 1 aliphatic heterocycles. The molecule has 94 valence electrons. The van der Waals surface area contributed by atoms with Crippen LogP contribution in [0.4, 0.5) is 5.69 Å². The third-order valence-corrected chi connectivity index (χ3v) is 3.52. The van der Waals surface area contributed by atoms with Crippen LogP contribution < -0.4 is 4.90 Å². The van der Waals surface area contributed by atoms with Crippen LogP contribution in [0.3, 0.4) is 0 Å². The zero-order valence-corrected chi connectivity index (χ0v) is 11.0. The number of hydrogen-bond donors (Lipinski definition) is 0. The molecule has 1 saturated heterocycles. The van der Waals surface area contributed by atoms with Gasteiger partial charge in [-0.3, -0.25) is 4.98 Å². The number of hydrogen-bond acceptors (Lipinski definition) is 3. The number of ether oxygens (including phenoxy) is 1. The van der Waals surface area contributed by atoms with Crippen LogP contribution in [-0.4, -0.2) is 31.8 Å². The van der Waals surface area contributed by atoms with Crippen molar-refractivity contribution in [2.45, 2.75) is 18.7 Å². The Labute approximate surface area is 108 Å². The fraction of sp³-hybridized carbons (Fsp3) is 0.615. The maximum atomic E-state index is 5.80. The number of nitrogens with zero attached hydrogens (tertiary/aromatic N) is 2. The summed E-state index contributed by atoms with van der Waals surface area (Å²) >= 11 is 5.80. The fourth-order valence-corrected chi connectivity index (χ4v) is 2.34. The second-order valence-corrected chi connectivity index (χ2v) is 4.84. The van der Waals surface area contributed by atoms with Crippen molar-refractivity contribution in [3.8, 4) is 0 Å². The fourth-order valence-electron chi connectivity index (χ4n) is 2.20. The van der Waals surface area contributed by atoms with E-state index < -0.39 is 0 Å². The molecule has 4 heteroatoms. The van der Waals surface area contributed by atoms with E-state index in [9.17, 15) is 0 Å². The highest BCUT2D eigenvalue weighted by Crippen LogP contribution is 2.20. The lowest BCUT2D eigenvalue weighted by atomic mass is 10.00. The first-order valence-electron chi connectivity index (χ1n) is 6.09. The molecule has 0 aliphatic carbocycles. The maximum absolute atomic E-state index is 5.80. The molecule has 1 aliphatic rings. The summed E-state index contributed by atoms with van der Waals surface area (Å²) in [4.78, 5) is 6.49. The van der Waals surface area contributed by atoms with E-state index >= 15 is 0 Å². The maximum Gasteiger partial charge on any atom is 0.0648 e. The van der Waals surface area contributed by atoms with Gasteiger partial charge in [-0.1, -0.05) is 0 Å². The van der Waals surface area contributed by atoms with E-state index in [0.717, 1.165) is 44.2 Å². The van der Waals surface area contributed by atoms with Crippen LogP contribution >= 0.6 is 11.6 Å². The summed E-state index contributed by atoms with van der Waals surface area (Å²) in [5.41, 5.74) is 2.13. The van der Waals surface area contributed by atoms with Crippen molar-refractivity contribution < 1.29 is 4.74 Å².